The lowest BCUT2D eigenvalue weighted by Gasteiger charge is -2.38. The Morgan fingerprint density at radius 3 is 2.63 bits per heavy atom. The summed E-state index contributed by atoms with van der Waals surface area (Å²) in [6.07, 6.45) is 2.53. The number of hydrogen-bond acceptors (Lipinski definition) is 6. The van der Waals surface area contributed by atoms with Gasteiger partial charge in [0, 0.05) is 18.3 Å². The lowest BCUT2D eigenvalue weighted by molar-refractivity contribution is 0.0337. The number of carbonyl (C=O) groups excluding carboxylic acids is 2. The van der Waals surface area contributed by atoms with Crippen molar-refractivity contribution in [2.45, 2.75) is 51.9 Å². The summed E-state index contributed by atoms with van der Waals surface area (Å²) in [6.45, 7) is 5.89. The maximum atomic E-state index is 13.3. The van der Waals surface area contributed by atoms with E-state index in [4.69, 9.17) is 14.7 Å². The number of esters is 1. The molecule has 1 fully saturated rings. The number of aromatic nitrogens is 1. The van der Waals surface area contributed by atoms with Gasteiger partial charge in [0.2, 0.25) is 5.88 Å². The molecule has 1 aromatic heterocycles. The maximum absolute atomic E-state index is 13.3. The molecule has 7 heteroatoms. The summed E-state index contributed by atoms with van der Waals surface area (Å²) >= 11 is 0. The molecule has 1 aromatic carbocycles. The lowest BCUT2D eigenvalue weighted by Crippen LogP contribution is -2.49. The fourth-order valence-electron chi connectivity index (χ4n) is 3.45. The van der Waals surface area contributed by atoms with E-state index in [0.29, 0.717) is 23.6 Å². The molecule has 0 N–H and O–H groups in total. The van der Waals surface area contributed by atoms with Gasteiger partial charge in [-0.05, 0) is 51.8 Å². The van der Waals surface area contributed by atoms with Crippen LogP contribution < -0.4 is 4.74 Å². The molecule has 0 aliphatic carbocycles. The fourth-order valence-corrected chi connectivity index (χ4v) is 3.45. The Morgan fingerprint density at radius 1 is 1.20 bits per heavy atom. The second-order valence-corrected chi connectivity index (χ2v) is 7.62. The molecule has 156 valence electrons. The van der Waals surface area contributed by atoms with Crippen LogP contribution in [-0.2, 0) is 4.74 Å². The summed E-state index contributed by atoms with van der Waals surface area (Å²) in [6, 6.07) is 12.0. The summed E-state index contributed by atoms with van der Waals surface area (Å²) < 4.78 is 11.2. The summed E-state index contributed by atoms with van der Waals surface area (Å²) in [4.78, 5) is 31.7. The standard InChI is InChI=1S/C23H25N3O4/c1-15(2)29-23(28)20-7-5-4-6-19(20)22(27)26-14-18(9-8-16(26)3)30-21-12-17(13-24)10-11-25-21/h4-7,10-12,15-16,18H,8-9,14H2,1-3H3/t16-,18-/m1/s1. The third kappa shape index (κ3) is 4.95. The van der Waals surface area contributed by atoms with Crippen LogP contribution in [0.1, 0.15) is 59.9 Å². The van der Waals surface area contributed by atoms with Gasteiger partial charge in [0.05, 0.1) is 35.4 Å². The molecular weight excluding hydrogens is 382 g/mol. The lowest BCUT2D eigenvalue weighted by atomic mass is 9.98. The van der Waals surface area contributed by atoms with Crippen LogP contribution in [-0.4, -0.2) is 46.6 Å². The van der Waals surface area contributed by atoms with E-state index in [2.05, 4.69) is 11.1 Å². The second kappa shape index (κ2) is 9.40. The van der Waals surface area contributed by atoms with Gasteiger partial charge in [0.1, 0.15) is 6.10 Å². The quantitative estimate of drug-likeness (QED) is 0.703. The van der Waals surface area contributed by atoms with Gasteiger partial charge < -0.3 is 14.4 Å². The maximum Gasteiger partial charge on any atom is 0.339 e. The average molecular weight is 407 g/mol. The minimum absolute atomic E-state index is 0.00456. The SMILES string of the molecule is CC(C)OC(=O)c1ccccc1C(=O)N1C[C@H](Oc2cc(C#N)ccn2)CC[C@H]1C. The molecule has 7 nitrogen and oxygen atoms in total. The molecule has 0 bridgehead atoms. The van der Waals surface area contributed by atoms with Gasteiger partial charge >= 0.3 is 5.97 Å². The van der Waals surface area contributed by atoms with Gasteiger partial charge in [0.25, 0.3) is 5.91 Å². The first-order chi connectivity index (χ1) is 14.4. The zero-order valence-electron chi connectivity index (χ0n) is 17.4. The molecular formula is C23H25N3O4. The number of ether oxygens (including phenoxy) is 2. The highest BCUT2D eigenvalue weighted by molar-refractivity contribution is 6.05. The number of nitriles is 1. The van der Waals surface area contributed by atoms with Crippen LogP contribution in [0.25, 0.3) is 0 Å². The van der Waals surface area contributed by atoms with Gasteiger partial charge in [-0.2, -0.15) is 5.26 Å². The molecule has 0 spiro atoms. The van der Waals surface area contributed by atoms with Crippen LogP contribution >= 0.6 is 0 Å². The van der Waals surface area contributed by atoms with Gasteiger partial charge in [-0.3, -0.25) is 4.79 Å². The van der Waals surface area contributed by atoms with Crippen molar-refractivity contribution in [2.75, 3.05) is 6.54 Å². The third-order valence-corrected chi connectivity index (χ3v) is 4.97. The van der Waals surface area contributed by atoms with Crippen molar-refractivity contribution < 1.29 is 19.1 Å². The zero-order chi connectivity index (χ0) is 21.7. The van der Waals surface area contributed by atoms with E-state index in [9.17, 15) is 9.59 Å². The Morgan fingerprint density at radius 2 is 1.93 bits per heavy atom. The molecule has 2 atom stereocenters. The van der Waals surface area contributed by atoms with E-state index in [1.807, 2.05) is 6.92 Å². The summed E-state index contributed by atoms with van der Waals surface area (Å²) in [5.41, 5.74) is 1.05. The molecule has 1 saturated heterocycles. The first-order valence-electron chi connectivity index (χ1n) is 10.0. The first kappa shape index (κ1) is 21.3. The van der Waals surface area contributed by atoms with E-state index in [1.54, 1.807) is 55.1 Å². The minimum atomic E-state index is -0.510. The highest BCUT2D eigenvalue weighted by atomic mass is 16.5. The average Bonchev–Trinajstić information content (AvgIpc) is 2.74. The van der Waals surface area contributed by atoms with E-state index < -0.39 is 5.97 Å². The number of hydrogen-bond donors (Lipinski definition) is 0. The molecule has 2 aromatic rings. The first-order valence-corrected chi connectivity index (χ1v) is 10.0. The number of nitrogens with zero attached hydrogens (tertiary/aromatic N) is 3. The second-order valence-electron chi connectivity index (χ2n) is 7.62. The predicted octanol–water partition coefficient (Wildman–Crippen LogP) is 3.59. The Hall–Kier alpha value is -3.40. The number of benzene rings is 1. The van der Waals surface area contributed by atoms with Crippen LogP contribution in [0.3, 0.4) is 0 Å². The van der Waals surface area contributed by atoms with Crippen LogP contribution in [0.4, 0.5) is 0 Å². The van der Waals surface area contributed by atoms with E-state index >= 15 is 0 Å². The van der Waals surface area contributed by atoms with Crippen molar-refractivity contribution >= 4 is 11.9 Å². The summed E-state index contributed by atoms with van der Waals surface area (Å²) in [5.74, 6) is -0.378. The fraction of sp³-hybridized carbons (Fsp3) is 0.391. The van der Waals surface area contributed by atoms with Crippen LogP contribution in [0.2, 0.25) is 0 Å². The van der Waals surface area contributed by atoms with E-state index in [0.717, 1.165) is 12.8 Å². The highest BCUT2D eigenvalue weighted by Gasteiger charge is 2.32. The number of piperidine rings is 1. The van der Waals surface area contributed by atoms with Gasteiger partial charge in [-0.15, -0.1) is 0 Å². The van der Waals surface area contributed by atoms with Crippen molar-refractivity contribution in [1.82, 2.24) is 9.88 Å². The van der Waals surface area contributed by atoms with E-state index in [-0.39, 0.29) is 29.7 Å². The normalized spacial score (nSPS) is 18.6. The molecule has 1 amide bonds. The minimum Gasteiger partial charge on any atom is -0.472 e. The largest absolute Gasteiger partial charge is 0.472 e. The van der Waals surface area contributed by atoms with Crippen LogP contribution in [0.5, 0.6) is 5.88 Å². The zero-order valence-corrected chi connectivity index (χ0v) is 17.4. The number of amides is 1. The Balaban J connectivity index is 1.78. The van der Waals surface area contributed by atoms with Crippen LogP contribution in [0.15, 0.2) is 42.6 Å². The molecule has 30 heavy (non-hydrogen) atoms. The monoisotopic (exact) mass is 407 g/mol. The van der Waals surface area contributed by atoms with Crippen molar-refractivity contribution in [1.29, 1.82) is 5.26 Å². The topological polar surface area (TPSA) is 92.5 Å². The molecule has 3 rings (SSSR count). The number of pyridine rings is 1. The van der Waals surface area contributed by atoms with Crippen molar-refractivity contribution in [3.8, 4) is 11.9 Å². The van der Waals surface area contributed by atoms with Gasteiger partial charge in [-0.1, -0.05) is 12.1 Å². The smallest absolute Gasteiger partial charge is 0.339 e. The third-order valence-electron chi connectivity index (χ3n) is 4.97. The van der Waals surface area contributed by atoms with Gasteiger partial charge in [-0.25, -0.2) is 9.78 Å². The molecule has 0 unspecified atom stereocenters. The van der Waals surface area contributed by atoms with Crippen LogP contribution in [0, 0.1) is 11.3 Å². The highest BCUT2D eigenvalue weighted by Crippen LogP contribution is 2.24. The number of carbonyl (C=O) groups is 2. The van der Waals surface area contributed by atoms with Crippen molar-refractivity contribution in [3.05, 3.63) is 59.3 Å². The van der Waals surface area contributed by atoms with Gasteiger partial charge in [0.15, 0.2) is 0 Å². The molecule has 1 aliphatic heterocycles. The van der Waals surface area contributed by atoms with Crippen molar-refractivity contribution in [3.63, 3.8) is 0 Å². The molecule has 0 radical (unpaired) electrons. The Kier molecular flexibility index (Phi) is 6.68. The molecule has 0 saturated carbocycles. The summed E-state index contributed by atoms with van der Waals surface area (Å²) in [7, 11) is 0. The summed E-state index contributed by atoms with van der Waals surface area (Å²) in [5, 5.41) is 9.04. The van der Waals surface area contributed by atoms with Crippen molar-refractivity contribution in [2.24, 2.45) is 0 Å². The molecule has 1 aliphatic rings. The Bertz CT molecular complexity index is 967. The predicted molar refractivity (Wildman–Crippen MR) is 110 cm³/mol. The number of rotatable bonds is 5. The number of likely N-dealkylation sites (tertiary alicyclic amines) is 1. The Labute approximate surface area is 176 Å². The molecule has 2 heterocycles. The van der Waals surface area contributed by atoms with E-state index in [1.165, 1.54) is 6.20 Å².